The van der Waals surface area contributed by atoms with E-state index in [2.05, 4.69) is 0 Å². The highest BCUT2D eigenvalue weighted by molar-refractivity contribution is 7.92. The zero-order valence-electron chi connectivity index (χ0n) is 15.1. The second kappa shape index (κ2) is 6.61. The van der Waals surface area contributed by atoms with Crippen molar-refractivity contribution in [3.8, 4) is 0 Å². The number of sulfonamides is 1. The molecule has 2 aliphatic heterocycles. The van der Waals surface area contributed by atoms with Crippen LogP contribution >= 0.6 is 0 Å². The molecule has 6 nitrogen and oxygen atoms in total. The van der Waals surface area contributed by atoms with Gasteiger partial charge in [0.1, 0.15) is 0 Å². The number of morpholine rings is 1. The zero-order valence-corrected chi connectivity index (χ0v) is 15.9. The van der Waals surface area contributed by atoms with E-state index in [0.717, 1.165) is 6.42 Å². The molecular formula is C18H26N2O4S. The molecule has 1 unspecified atom stereocenters. The van der Waals surface area contributed by atoms with Gasteiger partial charge in [-0.15, -0.1) is 0 Å². The van der Waals surface area contributed by atoms with Crippen LogP contribution in [0.4, 0.5) is 5.69 Å². The van der Waals surface area contributed by atoms with Crippen LogP contribution in [0.2, 0.25) is 0 Å². The fourth-order valence-corrected chi connectivity index (χ4v) is 4.98. The Hall–Kier alpha value is -1.60. The number of ether oxygens (including phenoxy) is 1. The van der Waals surface area contributed by atoms with Crippen LogP contribution in [-0.4, -0.2) is 56.3 Å². The van der Waals surface area contributed by atoms with Crippen molar-refractivity contribution in [1.82, 2.24) is 4.90 Å². The summed E-state index contributed by atoms with van der Waals surface area (Å²) in [5.74, 6) is 0.140. The van der Waals surface area contributed by atoms with Crippen LogP contribution in [0.3, 0.4) is 0 Å². The second-order valence-corrected chi connectivity index (χ2v) is 9.50. The first-order valence-corrected chi connectivity index (χ1v) is 10.4. The molecule has 2 fully saturated rings. The number of carbonyl (C=O) groups is 1. The van der Waals surface area contributed by atoms with Crippen molar-refractivity contribution in [2.45, 2.75) is 45.3 Å². The molecule has 2 saturated heterocycles. The topological polar surface area (TPSA) is 66.9 Å². The maximum Gasteiger partial charge on any atom is 0.254 e. The van der Waals surface area contributed by atoms with Crippen molar-refractivity contribution in [3.05, 3.63) is 29.8 Å². The predicted octanol–water partition coefficient (Wildman–Crippen LogP) is 2.26. The molecule has 7 heteroatoms. The highest BCUT2D eigenvalue weighted by atomic mass is 32.2. The minimum absolute atomic E-state index is 0.00902. The van der Waals surface area contributed by atoms with Crippen LogP contribution in [-0.2, 0) is 14.8 Å². The first-order chi connectivity index (χ1) is 11.7. The molecule has 0 aliphatic carbocycles. The third kappa shape index (κ3) is 3.67. The number of rotatable bonds is 2. The first-order valence-electron chi connectivity index (χ1n) is 8.75. The van der Waals surface area contributed by atoms with Gasteiger partial charge in [0.25, 0.3) is 5.91 Å². The standard InChI is InChI=1S/C18H26N2O4S/c1-14-12-19(18(2,3)13-24-14)17(21)15-6-8-16(9-7-15)20-10-4-5-11-25(20,22)23/h6-9,14H,4-5,10-13H2,1-3H3. The van der Waals surface area contributed by atoms with E-state index in [0.29, 0.717) is 37.4 Å². The van der Waals surface area contributed by atoms with Gasteiger partial charge >= 0.3 is 0 Å². The van der Waals surface area contributed by atoms with Gasteiger partial charge in [-0.1, -0.05) is 0 Å². The number of benzene rings is 1. The van der Waals surface area contributed by atoms with E-state index in [-0.39, 0.29) is 23.3 Å². The number of anilines is 1. The van der Waals surface area contributed by atoms with E-state index < -0.39 is 10.0 Å². The Morgan fingerprint density at radius 3 is 2.52 bits per heavy atom. The molecule has 1 atom stereocenters. The van der Waals surface area contributed by atoms with Crippen molar-refractivity contribution in [2.24, 2.45) is 0 Å². The first kappa shape index (κ1) is 18.2. The molecule has 1 aromatic carbocycles. The van der Waals surface area contributed by atoms with Crippen LogP contribution in [0, 0.1) is 0 Å². The molecule has 25 heavy (non-hydrogen) atoms. The van der Waals surface area contributed by atoms with E-state index in [1.165, 1.54) is 4.31 Å². The fraction of sp³-hybridized carbons (Fsp3) is 0.611. The minimum Gasteiger partial charge on any atom is -0.374 e. The highest BCUT2D eigenvalue weighted by Crippen LogP contribution is 2.27. The SMILES string of the molecule is CC1CN(C(=O)c2ccc(N3CCCCS3(=O)=O)cc2)C(C)(C)CO1. The van der Waals surface area contributed by atoms with Crippen molar-refractivity contribution in [1.29, 1.82) is 0 Å². The van der Waals surface area contributed by atoms with Gasteiger partial charge < -0.3 is 9.64 Å². The van der Waals surface area contributed by atoms with Gasteiger partial charge in [-0.25, -0.2) is 8.42 Å². The van der Waals surface area contributed by atoms with Crippen LogP contribution < -0.4 is 4.31 Å². The molecule has 3 rings (SSSR count). The average Bonchev–Trinajstić information content (AvgIpc) is 2.56. The number of carbonyl (C=O) groups excluding carboxylic acids is 1. The highest BCUT2D eigenvalue weighted by Gasteiger charge is 2.37. The van der Waals surface area contributed by atoms with Crippen molar-refractivity contribution >= 4 is 21.6 Å². The van der Waals surface area contributed by atoms with E-state index in [1.54, 1.807) is 24.3 Å². The maximum absolute atomic E-state index is 12.9. The normalized spacial score (nSPS) is 25.6. The van der Waals surface area contributed by atoms with Gasteiger partial charge in [0, 0.05) is 18.7 Å². The molecule has 1 amide bonds. The molecule has 2 aliphatic rings. The Balaban J connectivity index is 1.81. The summed E-state index contributed by atoms with van der Waals surface area (Å²) >= 11 is 0. The van der Waals surface area contributed by atoms with Crippen LogP contribution in [0.15, 0.2) is 24.3 Å². The summed E-state index contributed by atoms with van der Waals surface area (Å²) in [6.45, 7) is 7.50. The third-order valence-electron chi connectivity index (χ3n) is 4.89. The van der Waals surface area contributed by atoms with Gasteiger partial charge in [0.2, 0.25) is 10.0 Å². The van der Waals surface area contributed by atoms with Crippen LogP contribution in [0.1, 0.15) is 44.0 Å². The number of hydrogen-bond donors (Lipinski definition) is 0. The van der Waals surface area contributed by atoms with E-state index in [9.17, 15) is 13.2 Å². The molecule has 2 heterocycles. The zero-order chi connectivity index (χ0) is 18.2. The van der Waals surface area contributed by atoms with Gasteiger partial charge in [0.15, 0.2) is 0 Å². The monoisotopic (exact) mass is 366 g/mol. The molecule has 0 bridgehead atoms. The van der Waals surface area contributed by atoms with Crippen LogP contribution in [0.25, 0.3) is 0 Å². The van der Waals surface area contributed by atoms with Gasteiger partial charge in [-0.2, -0.15) is 0 Å². The van der Waals surface area contributed by atoms with E-state index in [1.807, 2.05) is 25.7 Å². The van der Waals surface area contributed by atoms with Gasteiger partial charge in [0.05, 0.1) is 29.7 Å². The largest absolute Gasteiger partial charge is 0.374 e. The van der Waals surface area contributed by atoms with Gasteiger partial charge in [-0.05, 0) is 57.9 Å². The Bertz CT molecular complexity index is 743. The summed E-state index contributed by atoms with van der Waals surface area (Å²) in [5.41, 5.74) is 0.838. The van der Waals surface area contributed by atoms with Crippen molar-refractivity contribution < 1.29 is 17.9 Å². The lowest BCUT2D eigenvalue weighted by atomic mass is 9.99. The lowest BCUT2D eigenvalue weighted by Gasteiger charge is -2.44. The average molecular weight is 366 g/mol. The molecule has 1 aromatic rings. The van der Waals surface area contributed by atoms with E-state index >= 15 is 0 Å². The van der Waals surface area contributed by atoms with Gasteiger partial charge in [-0.3, -0.25) is 9.10 Å². The summed E-state index contributed by atoms with van der Waals surface area (Å²) in [5, 5.41) is 0. The molecule has 0 spiro atoms. The second-order valence-electron chi connectivity index (χ2n) is 7.49. The molecule has 138 valence electrons. The minimum atomic E-state index is -3.23. The van der Waals surface area contributed by atoms with Crippen molar-refractivity contribution in [3.63, 3.8) is 0 Å². The van der Waals surface area contributed by atoms with Crippen LogP contribution in [0.5, 0.6) is 0 Å². The molecular weight excluding hydrogens is 340 g/mol. The Labute approximate surface area is 149 Å². The summed E-state index contributed by atoms with van der Waals surface area (Å²) in [4.78, 5) is 14.8. The third-order valence-corrected chi connectivity index (χ3v) is 6.76. The maximum atomic E-state index is 12.9. The summed E-state index contributed by atoms with van der Waals surface area (Å²) in [6.07, 6.45) is 1.58. The molecule has 0 N–H and O–H groups in total. The Kier molecular flexibility index (Phi) is 4.81. The fourth-order valence-electron chi connectivity index (χ4n) is 3.34. The smallest absolute Gasteiger partial charge is 0.254 e. The van der Waals surface area contributed by atoms with Crippen molar-refractivity contribution in [2.75, 3.05) is 29.8 Å². The molecule has 0 radical (unpaired) electrons. The lowest BCUT2D eigenvalue weighted by Crippen LogP contribution is -2.57. The number of hydrogen-bond acceptors (Lipinski definition) is 4. The summed E-state index contributed by atoms with van der Waals surface area (Å²) < 4.78 is 31.5. The Morgan fingerprint density at radius 1 is 1.20 bits per heavy atom. The quantitative estimate of drug-likeness (QED) is 0.805. The number of nitrogens with zero attached hydrogens (tertiary/aromatic N) is 2. The Morgan fingerprint density at radius 2 is 1.88 bits per heavy atom. The summed E-state index contributed by atoms with van der Waals surface area (Å²) in [6, 6.07) is 6.90. The lowest BCUT2D eigenvalue weighted by molar-refractivity contribution is -0.0755. The molecule has 0 aromatic heterocycles. The number of amides is 1. The predicted molar refractivity (Wildman–Crippen MR) is 97.3 cm³/mol. The summed E-state index contributed by atoms with van der Waals surface area (Å²) in [7, 11) is -3.23. The van der Waals surface area contributed by atoms with E-state index in [4.69, 9.17) is 4.74 Å². The molecule has 0 saturated carbocycles.